The Bertz CT molecular complexity index is 1200. The smallest absolute Gasteiger partial charge is 0.242 e. The Morgan fingerprint density at radius 2 is 1.79 bits per heavy atom. The first-order valence-corrected chi connectivity index (χ1v) is 15.9. The average molecular weight is 578 g/mol. The number of rotatable bonds is 13. The van der Waals surface area contributed by atoms with Gasteiger partial charge in [-0.1, -0.05) is 43.0 Å². The second kappa shape index (κ2) is 14.6. The molecule has 2 aromatic carbocycles. The number of hydrogen-bond acceptors (Lipinski definition) is 5. The van der Waals surface area contributed by atoms with E-state index in [-0.39, 0.29) is 37.4 Å². The van der Waals surface area contributed by atoms with Crippen LogP contribution < -0.4 is 14.4 Å². The molecule has 1 N–H and O–H groups in total. The van der Waals surface area contributed by atoms with Crippen LogP contribution in [0, 0.1) is 0 Å². The number of nitrogens with one attached hydrogen (secondary N) is 1. The van der Waals surface area contributed by atoms with Gasteiger partial charge in [-0.05, 0) is 75.1 Å². The summed E-state index contributed by atoms with van der Waals surface area (Å²) in [5.41, 5.74) is 1.32. The first-order valence-electron chi connectivity index (χ1n) is 13.6. The van der Waals surface area contributed by atoms with E-state index in [0.29, 0.717) is 29.5 Å². The average Bonchev–Trinajstić information content (AvgIpc) is 2.90. The molecule has 39 heavy (non-hydrogen) atoms. The summed E-state index contributed by atoms with van der Waals surface area (Å²) in [6, 6.07) is 13.5. The summed E-state index contributed by atoms with van der Waals surface area (Å²) in [6.45, 7) is 4.49. The van der Waals surface area contributed by atoms with Crippen molar-refractivity contribution >= 4 is 39.1 Å². The minimum atomic E-state index is -3.57. The number of sulfonamides is 1. The maximum absolute atomic E-state index is 13.5. The quantitative estimate of drug-likeness (QED) is 0.355. The van der Waals surface area contributed by atoms with Crippen LogP contribution in [0.2, 0.25) is 5.02 Å². The number of benzene rings is 2. The third kappa shape index (κ3) is 9.42. The summed E-state index contributed by atoms with van der Waals surface area (Å²) >= 11 is 6.17. The van der Waals surface area contributed by atoms with Gasteiger partial charge < -0.3 is 15.0 Å². The van der Waals surface area contributed by atoms with E-state index in [2.05, 4.69) is 5.32 Å². The zero-order valence-electron chi connectivity index (χ0n) is 23.1. The van der Waals surface area contributed by atoms with Gasteiger partial charge in [-0.25, -0.2) is 8.42 Å². The molecule has 0 spiro atoms. The first-order chi connectivity index (χ1) is 18.6. The monoisotopic (exact) mass is 577 g/mol. The molecule has 8 nitrogen and oxygen atoms in total. The second-order valence-corrected chi connectivity index (χ2v) is 12.4. The van der Waals surface area contributed by atoms with Crippen molar-refractivity contribution in [1.82, 2.24) is 10.2 Å². The number of ether oxygens (including phenoxy) is 1. The Labute approximate surface area is 237 Å². The zero-order valence-corrected chi connectivity index (χ0v) is 24.6. The van der Waals surface area contributed by atoms with E-state index in [1.807, 2.05) is 19.1 Å². The van der Waals surface area contributed by atoms with E-state index < -0.39 is 16.1 Å². The van der Waals surface area contributed by atoms with Gasteiger partial charge in [0.15, 0.2) is 0 Å². The number of amides is 2. The summed E-state index contributed by atoms with van der Waals surface area (Å²) in [5.74, 6) is 0.257. The van der Waals surface area contributed by atoms with Crippen molar-refractivity contribution in [2.75, 3.05) is 23.7 Å². The summed E-state index contributed by atoms with van der Waals surface area (Å²) in [5, 5.41) is 3.68. The van der Waals surface area contributed by atoms with Crippen LogP contribution in [0.4, 0.5) is 5.69 Å². The van der Waals surface area contributed by atoms with E-state index in [0.717, 1.165) is 37.5 Å². The molecular formula is C29H40ClN3O5S. The lowest BCUT2D eigenvalue weighted by atomic mass is 9.95. The standard InChI is InChI=1S/C29H40ClN3O5S/c1-4-38-27-17-15-26(16-18-27)33(39(3,36)37)19-9-14-28(34)32(21-23-10-8-11-24(30)20-23)22(2)29(35)31-25-12-6-5-7-13-25/h8,10-11,15-18,20,22,25H,4-7,9,12-14,19,21H2,1-3H3,(H,31,35)/t22-/m0/s1. The lowest BCUT2D eigenvalue weighted by Crippen LogP contribution is -2.50. The Morgan fingerprint density at radius 3 is 2.41 bits per heavy atom. The van der Waals surface area contributed by atoms with Crippen LogP contribution in [0.3, 0.4) is 0 Å². The van der Waals surface area contributed by atoms with Crippen LogP contribution in [0.5, 0.6) is 5.75 Å². The molecule has 0 bridgehead atoms. The number of carbonyl (C=O) groups excluding carboxylic acids is 2. The molecule has 0 aliphatic heterocycles. The highest BCUT2D eigenvalue weighted by Gasteiger charge is 2.28. The highest BCUT2D eigenvalue weighted by Crippen LogP contribution is 2.23. The minimum Gasteiger partial charge on any atom is -0.494 e. The van der Waals surface area contributed by atoms with Crippen LogP contribution in [0.1, 0.15) is 64.4 Å². The fourth-order valence-corrected chi connectivity index (χ4v) is 6.04. The first kappa shape index (κ1) is 30.8. The Balaban J connectivity index is 1.70. The Kier molecular flexibility index (Phi) is 11.5. The highest BCUT2D eigenvalue weighted by atomic mass is 35.5. The van der Waals surface area contributed by atoms with Gasteiger partial charge in [0, 0.05) is 30.6 Å². The van der Waals surface area contributed by atoms with Crippen molar-refractivity contribution in [3.05, 3.63) is 59.1 Å². The predicted molar refractivity (Wildman–Crippen MR) is 156 cm³/mol. The van der Waals surface area contributed by atoms with E-state index in [4.69, 9.17) is 16.3 Å². The maximum Gasteiger partial charge on any atom is 0.242 e. The van der Waals surface area contributed by atoms with Crippen LogP contribution in [-0.4, -0.2) is 56.6 Å². The molecule has 1 aliphatic rings. The molecular weight excluding hydrogens is 538 g/mol. The minimum absolute atomic E-state index is 0.0880. The van der Waals surface area contributed by atoms with Gasteiger partial charge in [0.1, 0.15) is 11.8 Å². The number of nitrogens with zero attached hydrogens (tertiary/aromatic N) is 2. The van der Waals surface area contributed by atoms with Gasteiger partial charge in [-0.3, -0.25) is 13.9 Å². The molecule has 10 heteroatoms. The lowest BCUT2D eigenvalue weighted by molar-refractivity contribution is -0.141. The normalized spacial score (nSPS) is 14.9. The predicted octanol–water partition coefficient (Wildman–Crippen LogP) is 5.15. The van der Waals surface area contributed by atoms with Crippen LogP contribution in [0.15, 0.2) is 48.5 Å². The fourth-order valence-electron chi connectivity index (χ4n) is 4.86. The highest BCUT2D eigenvalue weighted by molar-refractivity contribution is 7.92. The topological polar surface area (TPSA) is 96.0 Å². The van der Waals surface area contributed by atoms with Crippen molar-refractivity contribution < 1.29 is 22.7 Å². The van der Waals surface area contributed by atoms with Gasteiger partial charge in [0.2, 0.25) is 21.8 Å². The lowest BCUT2D eigenvalue weighted by Gasteiger charge is -2.31. The fraction of sp³-hybridized carbons (Fsp3) is 0.517. The Hall–Kier alpha value is -2.78. The molecule has 2 amide bonds. The van der Waals surface area contributed by atoms with Crippen molar-refractivity contribution in [3.63, 3.8) is 0 Å². The summed E-state index contributed by atoms with van der Waals surface area (Å²) in [7, 11) is -3.57. The summed E-state index contributed by atoms with van der Waals surface area (Å²) in [6.07, 6.45) is 6.80. The van der Waals surface area contributed by atoms with E-state index in [9.17, 15) is 18.0 Å². The Morgan fingerprint density at radius 1 is 1.10 bits per heavy atom. The second-order valence-electron chi connectivity index (χ2n) is 10.0. The van der Waals surface area contributed by atoms with Gasteiger partial charge in [-0.15, -0.1) is 0 Å². The molecule has 1 aliphatic carbocycles. The zero-order chi connectivity index (χ0) is 28.4. The molecule has 0 aromatic heterocycles. The molecule has 1 saturated carbocycles. The van der Waals surface area contributed by atoms with Crippen LogP contribution >= 0.6 is 11.6 Å². The van der Waals surface area contributed by atoms with Gasteiger partial charge in [0.25, 0.3) is 0 Å². The van der Waals surface area contributed by atoms with Gasteiger partial charge in [-0.2, -0.15) is 0 Å². The molecule has 214 valence electrons. The molecule has 0 heterocycles. The number of hydrogen-bond donors (Lipinski definition) is 1. The van der Waals surface area contributed by atoms with Gasteiger partial charge >= 0.3 is 0 Å². The third-order valence-corrected chi connectivity index (χ3v) is 8.38. The number of halogens is 1. The molecule has 0 radical (unpaired) electrons. The largest absolute Gasteiger partial charge is 0.494 e. The van der Waals surface area contributed by atoms with Crippen LogP contribution in [0.25, 0.3) is 0 Å². The SMILES string of the molecule is CCOc1ccc(N(CCCC(=O)N(Cc2cccc(Cl)c2)[C@@H](C)C(=O)NC2CCCCC2)S(C)(=O)=O)cc1. The molecule has 1 atom stereocenters. The summed E-state index contributed by atoms with van der Waals surface area (Å²) < 4.78 is 31.8. The van der Waals surface area contributed by atoms with Crippen molar-refractivity contribution in [1.29, 1.82) is 0 Å². The van der Waals surface area contributed by atoms with Crippen LogP contribution in [-0.2, 0) is 26.2 Å². The molecule has 2 aromatic rings. The third-order valence-electron chi connectivity index (χ3n) is 6.95. The molecule has 0 saturated heterocycles. The maximum atomic E-state index is 13.5. The number of carbonyl (C=O) groups is 2. The summed E-state index contributed by atoms with van der Waals surface area (Å²) in [4.78, 5) is 28.2. The molecule has 3 rings (SSSR count). The molecule has 1 fully saturated rings. The van der Waals surface area contributed by atoms with E-state index >= 15 is 0 Å². The van der Waals surface area contributed by atoms with Crippen molar-refractivity contribution in [2.45, 2.75) is 77.4 Å². The number of anilines is 1. The van der Waals surface area contributed by atoms with Gasteiger partial charge in [0.05, 0.1) is 18.6 Å². The van der Waals surface area contributed by atoms with Crippen molar-refractivity contribution in [2.24, 2.45) is 0 Å². The van der Waals surface area contributed by atoms with Crippen molar-refractivity contribution in [3.8, 4) is 5.75 Å². The van der Waals surface area contributed by atoms with E-state index in [1.165, 1.54) is 10.7 Å². The molecule has 0 unspecified atom stereocenters. The van der Waals surface area contributed by atoms with E-state index in [1.54, 1.807) is 48.2 Å².